The first-order valence-corrected chi connectivity index (χ1v) is 8.57. The maximum atomic E-state index is 10.5. The van der Waals surface area contributed by atoms with Crippen molar-refractivity contribution < 1.29 is 5.11 Å². The number of piperidine rings is 1. The minimum atomic E-state index is -0.237. The molecule has 2 heterocycles. The maximum Gasteiger partial charge on any atom is 0.140 e. The summed E-state index contributed by atoms with van der Waals surface area (Å²) in [4.78, 5) is 6.77. The fourth-order valence-electron chi connectivity index (χ4n) is 3.39. The van der Waals surface area contributed by atoms with Gasteiger partial charge >= 0.3 is 0 Å². The van der Waals surface area contributed by atoms with Gasteiger partial charge in [-0.1, -0.05) is 30.3 Å². The molecule has 1 fully saturated rings. The quantitative estimate of drug-likeness (QED) is 0.887. The average Bonchev–Trinajstić information content (AvgIpc) is 3.03. The van der Waals surface area contributed by atoms with Crippen molar-refractivity contribution >= 4 is 0 Å². The number of nitrogens with zero attached hydrogens (tertiary/aromatic N) is 4. The number of aromatic nitrogens is 3. The Morgan fingerprint density at radius 2 is 1.96 bits per heavy atom. The van der Waals surface area contributed by atoms with Crippen LogP contribution in [0.4, 0.5) is 0 Å². The molecule has 1 aromatic carbocycles. The zero-order valence-corrected chi connectivity index (χ0v) is 13.8. The van der Waals surface area contributed by atoms with Gasteiger partial charge in [0.15, 0.2) is 0 Å². The topological polar surface area (TPSA) is 54.2 Å². The predicted molar refractivity (Wildman–Crippen MR) is 89.8 cm³/mol. The van der Waals surface area contributed by atoms with Gasteiger partial charge in [-0.2, -0.15) is 5.10 Å². The molecule has 0 saturated carbocycles. The Hall–Kier alpha value is -1.72. The zero-order chi connectivity index (χ0) is 16.1. The fraction of sp³-hybridized carbons (Fsp3) is 0.556. The second-order valence-corrected chi connectivity index (χ2v) is 6.36. The molecule has 1 atom stereocenters. The summed E-state index contributed by atoms with van der Waals surface area (Å²) < 4.78 is 1.95. The van der Waals surface area contributed by atoms with Crippen molar-refractivity contribution in [2.24, 2.45) is 5.92 Å². The van der Waals surface area contributed by atoms with Crippen LogP contribution in [0.15, 0.2) is 36.7 Å². The lowest BCUT2D eigenvalue weighted by Crippen LogP contribution is -2.38. The number of aliphatic hydroxyl groups is 1. The summed E-state index contributed by atoms with van der Waals surface area (Å²) >= 11 is 0. The number of rotatable bonds is 6. The number of aryl methyl sites for hydroxylation is 1. The number of hydrogen-bond acceptors (Lipinski definition) is 4. The van der Waals surface area contributed by atoms with Crippen molar-refractivity contribution in [3.05, 3.63) is 48.0 Å². The minimum absolute atomic E-state index is 0.237. The van der Waals surface area contributed by atoms with Crippen LogP contribution in [0.5, 0.6) is 0 Å². The molecule has 0 unspecified atom stereocenters. The van der Waals surface area contributed by atoms with E-state index >= 15 is 0 Å². The molecule has 5 nitrogen and oxygen atoms in total. The van der Waals surface area contributed by atoms with E-state index in [4.69, 9.17) is 0 Å². The van der Waals surface area contributed by atoms with Gasteiger partial charge in [-0.15, -0.1) is 0 Å². The lowest BCUT2D eigenvalue weighted by Gasteiger charge is -2.34. The molecule has 1 aliphatic rings. The molecule has 1 N–H and O–H groups in total. The summed E-state index contributed by atoms with van der Waals surface area (Å²) in [6.07, 6.45) is 4.26. The van der Waals surface area contributed by atoms with Gasteiger partial charge in [0.05, 0.1) is 12.6 Å². The van der Waals surface area contributed by atoms with Crippen LogP contribution in [-0.2, 0) is 19.5 Å². The summed E-state index contributed by atoms with van der Waals surface area (Å²) in [5.74, 6) is 1.44. The number of hydrogen-bond donors (Lipinski definition) is 1. The van der Waals surface area contributed by atoms with E-state index in [9.17, 15) is 5.11 Å². The van der Waals surface area contributed by atoms with Crippen molar-refractivity contribution in [1.82, 2.24) is 19.7 Å². The third-order valence-electron chi connectivity index (χ3n) is 4.82. The summed E-state index contributed by atoms with van der Waals surface area (Å²) in [5.41, 5.74) is 1.22. The highest BCUT2D eigenvalue weighted by Crippen LogP contribution is 2.23. The normalized spacial score (nSPS) is 18.2. The Labute approximate surface area is 138 Å². The molecule has 0 radical (unpaired) electrons. The zero-order valence-electron chi connectivity index (χ0n) is 13.8. The molecule has 0 bridgehead atoms. The Morgan fingerprint density at radius 3 is 2.65 bits per heavy atom. The molecule has 23 heavy (non-hydrogen) atoms. The summed E-state index contributed by atoms with van der Waals surface area (Å²) in [6.45, 7) is 5.85. The molecule has 2 aromatic rings. The van der Waals surface area contributed by atoms with Crippen LogP contribution in [0.1, 0.15) is 31.2 Å². The van der Waals surface area contributed by atoms with Crippen LogP contribution in [0, 0.1) is 5.92 Å². The Kier molecular flexibility index (Phi) is 5.41. The van der Waals surface area contributed by atoms with E-state index in [1.165, 1.54) is 5.56 Å². The second-order valence-electron chi connectivity index (χ2n) is 6.36. The number of benzene rings is 1. The van der Waals surface area contributed by atoms with E-state index in [-0.39, 0.29) is 6.10 Å². The van der Waals surface area contributed by atoms with Gasteiger partial charge in [-0.05, 0) is 50.8 Å². The summed E-state index contributed by atoms with van der Waals surface area (Å²) in [6, 6.07) is 10.3. The molecule has 1 aromatic heterocycles. The molecule has 5 heteroatoms. The lowest BCUT2D eigenvalue weighted by atomic mass is 9.88. The van der Waals surface area contributed by atoms with E-state index in [1.54, 1.807) is 6.33 Å². The van der Waals surface area contributed by atoms with Gasteiger partial charge in [-0.25, -0.2) is 9.67 Å². The van der Waals surface area contributed by atoms with E-state index in [2.05, 4.69) is 34.0 Å². The SMILES string of the molecule is CCn1ncnc1CN1CCC([C@H](O)Cc2ccccc2)CC1. The maximum absolute atomic E-state index is 10.5. The van der Waals surface area contributed by atoms with E-state index in [0.717, 1.165) is 51.3 Å². The predicted octanol–water partition coefficient (Wildman–Crippen LogP) is 2.11. The van der Waals surface area contributed by atoms with Crippen molar-refractivity contribution in [3.63, 3.8) is 0 Å². The van der Waals surface area contributed by atoms with Crippen LogP contribution >= 0.6 is 0 Å². The molecular weight excluding hydrogens is 288 g/mol. The Morgan fingerprint density at radius 1 is 1.22 bits per heavy atom. The third-order valence-corrected chi connectivity index (χ3v) is 4.82. The Bertz CT molecular complexity index is 590. The third kappa shape index (κ3) is 4.18. The standard InChI is InChI=1S/C18H26N4O/c1-2-22-18(19-14-20-22)13-21-10-8-16(9-11-21)17(23)12-15-6-4-3-5-7-15/h3-7,14,16-17,23H,2,8-13H2,1H3/t17-/m1/s1. The van der Waals surface area contributed by atoms with E-state index in [1.807, 2.05) is 22.9 Å². The molecule has 1 saturated heterocycles. The highest BCUT2D eigenvalue weighted by molar-refractivity contribution is 5.15. The van der Waals surface area contributed by atoms with E-state index < -0.39 is 0 Å². The van der Waals surface area contributed by atoms with Crippen LogP contribution in [0.3, 0.4) is 0 Å². The molecule has 0 spiro atoms. The highest BCUT2D eigenvalue weighted by atomic mass is 16.3. The van der Waals surface area contributed by atoms with Gasteiger partial charge in [0.2, 0.25) is 0 Å². The van der Waals surface area contributed by atoms with Crippen LogP contribution in [0.25, 0.3) is 0 Å². The molecular formula is C18H26N4O. The lowest BCUT2D eigenvalue weighted by molar-refractivity contribution is 0.0565. The minimum Gasteiger partial charge on any atom is -0.392 e. The molecule has 1 aliphatic heterocycles. The first kappa shape index (κ1) is 16.1. The van der Waals surface area contributed by atoms with Crippen LogP contribution in [0.2, 0.25) is 0 Å². The van der Waals surface area contributed by atoms with Crippen molar-refractivity contribution in [2.45, 2.75) is 45.4 Å². The molecule has 3 rings (SSSR count). The van der Waals surface area contributed by atoms with Gasteiger partial charge in [0, 0.05) is 6.54 Å². The average molecular weight is 314 g/mol. The van der Waals surface area contributed by atoms with Crippen LogP contribution in [-0.4, -0.2) is 44.0 Å². The first-order chi connectivity index (χ1) is 11.3. The van der Waals surface area contributed by atoms with Crippen LogP contribution < -0.4 is 0 Å². The monoisotopic (exact) mass is 314 g/mol. The van der Waals surface area contributed by atoms with Gasteiger partial charge in [0.25, 0.3) is 0 Å². The highest BCUT2D eigenvalue weighted by Gasteiger charge is 2.26. The smallest absolute Gasteiger partial charge is 0.140 e. The van der Waals surface area contributed by atoms with E-state index in [0.29, 0.717) is 5.92 Å². The molecule has 0 aliphatic carbocycles. The fourth-order valence-corrected chi connectivity index (χ4v) is 3.39. The number of aliphatic hydroxyl groups excluding tert-OH is 1. The largest absolute Gasteiger partial charge is 0.392 e. The molecule has 0 amide bonds. The van der Waals surface area contributed by atoms with Crippen molar-refractivity contribution in [2.75, 3.05) is 13.1 Å². The van der Waals surface area contributed by atoms with Crippen molar-refractivity contribution in [3.8, 4) is 0 Å². The van der Waals surface area contributed by atoms with Gasteiger partial charge in [-0.3, -0.25) is 4.90 Å². The van der Waals surface area contributed by atoms with Crippen molar-refractivity contribution in [1.29, 1.82) is 0 Å². The van der Waals surface area contributed by atoms with Gasteiger partial charge in [0.1, 0.15) is 12.2 Å². The number of likely N-dealkylation sites (tertiary alicyclic amines) is 1. The molecule has 124 valence electrons. The second kappa shape index (κ2) is 7.70. The summed E-state index contributed by atoms with van der Waals surface area (Å²) in [5, 5.41) is 14.7. The Balaban J connectivity index is 1.48. The van der Waals surface area contributed by atoms with Gasteiger partial charge < -0.3 is 5.11 Å². The first-order valence-electron chi connectivity index (χ1n) is 8.57. The summed E-state index contributed by atoms with van der Waals surface area (Å²) in [7, 11) is 0.